The Morgan fingerprint density at radius 3 is 2.52 bits per heavy atom. The van der Waals surface area contributed by atoms with Crippen LogP contribution >= 0.6 is 0 Å². The fraction of sp³-hybridized carbons (Fsp3) is 0.667. The molecule has 6 nitrogen and oxygen atoms in total. The van der Waals surface area contributed by atoms with Gasteiger partial charge in [-0.1, -0.05) is 39.8 Å². The molecule has 1 heterocycles. The van der Waals surface area contributed by atoms with Gasteiger partial charge >= 0.3 is 0 Å². The van der Waals surface area contributed by atoms with Gasteiger partial charge in [0, 0.05) is 18.0 Å². The van der Waals surface area contributed by atoms with Gasteiger partial charge in [0.15, 0.2) is 5.82 Å². The largest absolute Gasteiger partial charge is 0.363 e. The maximum Gasteiger partial charge on any atom is 0.245 e. The molecule has 118 valence electrons. The molecule has 0 aliphatic rings. The standard InChI is InChI=1S/C15H25N3O3/c1-11(2)6-8-18(14(20)15(3,4)5)10-13(19)16-12-7-9-21-17-12/h7,9,11H,6,8,10H2,1-5H3,(H,16,17,19). The lowest BCUT2D eigenvalue weighted by molar-refractivity contribution is -0.142. The van der Waals surface area contributed by atoms with Crippen LogP contribution in [0.15, 0.2) is 16.9 Å². The van der Waals surface area contributed by atoms with Crippen molar-refractivity contribution >= 4 is 17.6 Å². The van der Waals surface area contributed by atoms with Gasteiger partial charge in [0.05, 0.1) is 6.54 Å². The van der Waals surface area contributed by atoms with E-state index in [2.05, 4.69) is 28.8 Å². The Morgan fingerprint density at radius 2 is 2.05 bits per heavy atom. The van der Waals surface area contributed by atoms with Crippen molar-refractivity contribution in [2.45, 2.75) is 41.0 Å². The topological polar surface area (TPSA) is 75.4 Å². The molecule has 0 bridgehead atoms. The van der Waals surface area contributed by atoms with Crippen LogP contribution in [0.1, 0.15) is 41.0 Å². The first kappa shape index (κ1) is 17.2. The first-order valence-electron chi connectivity index (χ1n) is 7.19. The summed E-state index contributed by atoms with van der Waals surface area (Å²) >= 11 is 0. The van der Waals surface area contributed by atoms with Crippen LogP contribution in [0.3, 0.4) is 0 Å². The van der Waals surface area contributed by atoms with Crippen molar-refractivity contribution in [1.82, 2.24) is 10.1 Å². The number of carbonyl (C=O) groups excluding carboxylic acids is 2. The molecule has 0 spiro atoms. The van der Waals surface area contributed by atoms with Crippen molar-refractivity contribution in [2.24, 2.45) is 11.3 Å². The second-order valence-electron chi connectivity index (χ2n) is 6.59. The number of amides is 2. The highest BCUT2D eigenvalue weighted by atomic mass is 16.5. The summed E-state index contributed by atoms with van der Waals surface area (Å²) in [6, 6.07) is 1.56. The Morgan fingerprint density at radius 1 is 1.38 bits per heavy atom. The van der Waals surface area contributed by atoms with Crippen LogP contribution in [0.2, 0.25) is 0 Å². The van der Waals surface area contributed by atoms with Crippen LogP contribution < -0.4 is 5.32 Å². The highest BCUT2D eigenvalue weighted by Gasteiger charge is 2.28. The van der Waals surface area contributed by atoms with E-state index < -0.39 is 5.41 Å². The smallest absolute Gasteiger partial charge is 0.245 e. The van der Waals surface area contributed by atoms with Crippen molar-refractivity contribution in [3.8, 4) is 0 Å². The molecule has 1 N–H and O–H groups in total. The monoisotopic (exact) mass is 295 g/mol. The van der Waals surface area contributed by atoms with Gasteiger partial charge in [-0.25, -0.2) is 0 Å². The summed E-state index contributed by atoms with van der Waals surface area (Å²) in [4.78, 5) is 26.0. The summed E-state index contributed by atoms with van der Waals surface area (Å²) in [6.45, 7) is 10.3. The first-order valence-corrected chi connectivity index (χ1v) is 7.19. The maximum atomic E-state index is 12.4. The molecule has 1 aromatic heterocycles. The molecular formula is C15H25N3O3. The summed E-state index contributed by atoms with van der Waals surface area (Å²) in [6.07, 6.45) is 2.24. The Hall–Kier alpha value is -1.85. The van der Waals surface area contributed by atoms with Gasteiger partial charge in [0.2, 0.25) is 11.8 Å². The number of hydrogen-bond acceptors (Lipinski definition) is 4. The summed E-state index contributed by atoms with van der Waals surface area (Å²) < 4.78 is 4.66. The minimum atomic E-state index is -0.509. The Balaban J connectivity index is 2.67. The molecule has 1 aromatic rings. The van der Waals surface area contributed by atoms with Crippen molar-refractivity contribution in [2.75, 3.05) is 18.4 Å². The van der Waals surface area contributed by atoms with Crippen molar-refractivity contribution < 1.29 is 14.1 Å². The van der Waals surface area contributed by atoms with Gasteiger partial charge in [-0.2, -0.15) is 0 Å². The molecule has 0 saturated carbocycles. The van der Waals surface area contributed by atoms with Gasteiger partial charge in [-0.15, -0.1) is 0 Å². The third kappa shape index (κ3) is 5.97. The Labute approximate surface area is 125 Å². The van der Waals surface area contributed by atoms with E-state index in [-0.39, 0.29) is 18.4 Å². The molecule has 0 fully saturated rings. The normalized spacial score (nSPS) is 11.5. The number of nitrogens with one attached hydrogen (secondary N) is 1. The molecule has 21 heavy (non-hydrogen) atoms. The second kappa shape index (κ2) is 7.24. The molecule has 1 rings (SSSR count). The van der Waals surface area contributed by atoms with Crippen LogP contribution in [-0.4, -0.2) is 35.0 Å². The van der Waals surface area contributed by atoms with E-state index in [1.807, 2.05) is 20.8 Å². The highest BCUT2D eigenvalue weighted by Crippen LogP contribution is 2.18. The maximum absolute atomic E-state index is 12.4. The van der Waals surface area contributed by atoms with Crippen LogP contribution in [-0.2, 0) is 9.59 Å². The lowest BCUT2D eigenvalue weighted by Gasteiger charge is -2.29. The van der Waals surface area contributed by atoms with Crippen LogP contribution in [0.4, 0.5) is 5.82 Å². The summed E-state index contributed by atoms with van der Waals surface area (Å²) in [5.41, 5.74) is -0.509. The number of nitrogens with zero attached hydrogens (tertiary/aromatic N) is 2. The number of rotatable bonds is 6. The summed E-state index contributed by atoms with van der Waals surface area (Å²) in [7, 11) is 0. The molecule has 0 unspecified atom stereocenters. The molecule has 0 aromatic carbocycles. The number of hydrogen-bond donors (Lipinski definition) is 1. The third-order valence-corrected chi connectivity index (χ3v) is 2.94. The Kier molecular flexibility index (Phi) is 5.93. The van der Waals surface area contributed by atoms with Crippen molar-refractivity contribution in [1.29, 1.82) is 0 Å². The van der Waals surface area contributed by atoms with Gasteiger partial charge < -0.3 is 14.7 Å². The van der Waals surface area contributed by atoms with Gasteiger partial charge in [-0.3, -0.25) is 9.59 Å². The fourth-order valence-electron chi connectivity index (χ4n) is 1.77. The molecular weight excluding hydrogens is 270 g/mol. The number of carbonyl (C=O) groups is 2. The molecule has 6 heteroatoms. The van der Waals surface area contributed by atoms with Crippen LogP contribution in [0, 0.1) is 11.3 Å². The minimum Gasteiger partial charge on any atom is -0.363 e. The van der Waals surface area contributed by atoms with Crippen molar-refractivity contribution in [3.63, 3.8) is 0 Å². The van der Waals surface area contributed by atoms with E-state index in [1.165, 1.54) is 6.26 Å². The van der Waals surface area contributed by atoms with E-state index in [9.17, 15) is 9.59 Å². The minimum absolute atomic E-state index is 0.0235. The van der Waals surface area contributed by atoms with Gasteiger partial charge in [0.25, 0.3) is 0 Å². The zero-order valence-electron chi connectivity index (χ0n) is 13.5. The van der Waals surface area contributed by atoms with E-state index in [0.29, 0.717) is 18.3 Å². The third-order valence-electron chi connectivity index (χ3n) is 2.94. The molecule has 0 saturated heterocycles. The summed E-state index contributed by atoms with van der Waals surface area (Å²) in [5, 5.41) is 6.23. The van der Waals surface area contributed by atoms with Gasteiger partial charge in [-0.05, 0) is 12.3 Å². The van der Waals surface area contributed by atoms with E-state index >= 15 is 0 Å². The average molecular weight is 295 g/mol. The van der Waals surface area contributed by atoms with Crippen LogP contribution in [0.5, 0.6) is 0 Å². The number of anilines is 1. The molecule has 0 radical (unpaired) electrons. The molecule has 0 aliphatic carbocycles. The second-order valence-corrected chi connectivity index (χ2v) is 6.59. The van der Waals surface area contributed by atoms with Gasteiger partial charge in [0.1, 0.15) is 6.26 Å². The SMILES string of the molecule is CC(C)CCN(CC(=O)Nc1ccon1)C(=O)C(C)(C)C. The quantitative estimate of drug-likeness (QED) is 0.875. The lowest BCUT2D eigenvalue weighted by atomic mass is 9.94. The highest BCUT2D eigenvalue weighted by molar-refractivity contribution is 5.94. The zero-order valence-corrected chi connectivity index (χ0v) is 13.5. The summed E-state index contributed by atoms with van der Waals surface area (Å²) in [5.74, 6) is 0.523. The molecule has 2 amide bonds. The fourth-order valence-corrected chi connectivity index (χ4v) is 1.77. The zero-order chi connectivity index (χ0) is 16.0. The van der Waals surface area contributed by atoms with E-state index in [1.54, 1.807) is 11.0 Å². The Bertz CT molecular complexity index is 461. The average Bonchev–Trinajstić information content (AvgIpc) is 2.84. The lowest BCUT2D eigenvalue weighted by Crippen LogP contribution is -2.44. The number of aromatic nitrogens is 1. The van der Waals surface area contributed by atoms with E-state index in [4.69, 9.17) is 0 Å². The first-order chi connectivity index (χ1) is 9.70. The molecule has 0 aliphatic heterocycles. The predicted molar refractivity (Wildman–Crippen MR) is 80.6 cm³/mol. The van der Waals surface area contributed by atoms with Crippen LogP contribution in [0.25, 0.3) is 0 Å². The molecule has 0 atom stereocenters. The van der Waals surface area contributed by atoms with E-state index in [0.717, 1.165) is 6.42 Å². The predicted octanol–water partition coefficient (Wildman–Crippen LogP) is 2.53. The van der Waals surface area contributed by atoms with Crippen molar-refractivity contribution in [3.05, 3.63) is 12.3 Å².